The quantitative estimate of drug-likeness (QED) is 0.380. The van der Waals surface area contributed by atoms with Gasteiger partial charge in [0.1, 0.15) is 12.9 Å². The first-order valence-electron chi connectivity index (χ1n) is 10.7. The number of esters is 1. The number of fused-ring (bicyclic) bond motifs is 1. The van der Waals surface area contributed by atoms with Crippen molar-refractivity contribution in [2.45, 2.75) is 27.0 Å². The van der Waals surface area contributed by atoms with Crippen molar-refractivity contribution in [2.75, 3.05) is 11.9 Å². The summed E-state index contributed by atoms with van der Waals surface area (Å²) in [5.41, 5.74) is 1.98. The molecule has 0 saturated heterocycles. The third kappa shape index (κ3) is 4.87. The maximum Gasteiger partial charge on any atom is 0.346 e. The number of aromatic nitrogens is 3. The van der Waals surface area contributed by atoms with Crippen LogP contribution in [0.15, 0.2) is 65.7 Å². The number of halogens is 1. The average molecular weight is 479 g/mol. The number of carbonyl (C=O) groups is 1. The molecule has 0 bridgehead atoms. The molecule has 0 fully saturated rings. The molecule has 0 aliphatic rings. The number of hydrogen-bond acceptors (Lipinski definition) is 7. The Hall–Kier alpha value is -3.91. The summed E-state index contributed by atoms with van der Waals surface area (Å²) in [7, 11) is 0. The van der Waals surface area contributed by atoms with E-state index in [1.165, 1.54) is 6.33 Å². The molecular formula is C25H23ClN4O4. The summed E-state index contributed by atoms with van der Waals surface area (Å²) in [4.78, 5) is 40.9. The lowest BCUT2D eigenvalue weighted by Gasteiger charge is -2.18. The van der Waals surface area contributed by atoms with Crippen LogP contribution in [0.5, 0.6) is 0 Å². The number of nitrogens with one attached hydrogen (secondary N) is 1. The fraction of sp³-hybridized carbons (Fsp3) is 0.200. The highest BCUT2D eigenvalue weighted by Crippen LogP contribution is 2.27. The van der Waals surface area contributed by atoms with Crippen LogP contribution in [0.25, 0.3) is 11.0 Å². The molecule has 0 aliphatic heterocycles. The number of anilines is 1. The number of aryl methyl sites for hydroxylation is 1. The number of hydrogen-bond donors (Lipinski definition) is 1. The number of ether oxygens (including phenoxy) is 1. The lowest BCUT2D eigenvalue weighted by Crippen LogP contribution is -2.34. The van der Waals surface area contributed by atoms with Crippen molar-refractivity contribution in [1.29, 1.82) is 0 Å². The molecule has 34 heavy (non-hydrogen) atoms. The first kappa shape index (κ1) is 23.3. The molecule has 0 spiro atoms. The minimum absolute atomic E-state index is 0.108. The van der Waals surface area contributed by atoms with Gasteiger partial charge in [-0.15, -0.1) is 4.73 Å². The highest BCUT2D eigenvalue weighted by molar-refractivity contribution is 6.30. The molecule has 0 radical (unpaired) electrons. The fourth-order valence-electron chi connectivity index (χ4n) is 3.58. The predicted octanol–water partition coefficient (Wildman–Crippen LogP) is 4.17. The van der Waals surface area contributed by atoms with Gasteiger partial charge in [0.05, 0.1) is 23.4 Å². The first-order chi connectivity index (χ1) is 16.5. The van der Waals surface area contributed by atoms with Crippen molar-refractivity contribution in [3.05, 3.63) is 98.7 Å². The lowest BCUT2D eigenvalue weighted by atomic mass is 10.1. The van der Waals surface area contributed by atoms with Crippen LogP contribution in [-0.2, 0) is 17.9 Å². The van der Waals surface area contributed by atoms with Crippen molar-refractivity contribution in [3.8, 4) is 0 Å². The van der Waals surface area contributed by atoms with E-state index in [0.29, 0.717) is 22.6 Å². The van der Waals surface area contributed by atoms with Gasteiger partial charge in [0.15, 0.2) is 11.2 Å². The van der Waals surface area contributed by atoms with Crippen molar-refractivity contribution in [3.63, 3.8) is 0 Å². The van der Waals surface area contributed by atoms with Crippen LogP contribution in [0.1, 0.15) is 34.1 Å². The molecule has 174 valence electrons. The molecule has 0 aliphatic carbocycles. The number of rotatable bonds is 8. The van der Waals surface area contributed by atoms with Crippen molar-refractivity contribution >= 4 is 34.3 Å². The molecule has 0 saturated carbocycles. The van der Waals surface area contributed by atoms with Gasteiger partial charge in [-0.3, -0.25) is 4.79 Å². The summed E-state index contributed by atoms with van der Waals surface area (Å²) in [6.07, 6.45) is 1.35. The predicted molar refractivity (Wildman–Crippen MR) is 130 cm³/mol. The number of carbonyl (C=O) groups excluding carboxylic acids is 1. The monoisotopic (exact) mass is 478 g/mol. The van der Waals surface area contributed by atoms with E-state index in [0.717, 1.165) is 15.9 Å². The molecular weight excluding hydrogens is 456 g/mol. The highest BCUT2D eigenvalue weighted by Gasteiger charge is 2.26. The van der Waals surface area contributed by atoms with Crippen LogP contribution in [0, 0.1) is 6.92 Å². The van der Waals surface area contributed by atoms with E-state index in [-0.39, 0.29) is 30.1 Å². The molecule has 2 aromatic carbocycles. The number of pyridine rings is 1. The van der Waals surface area contributed by atoms with E-state index >= 15 is 0 Å². The van der Waals surface area contributed by atoms with Gasteiger partial charge in [0.2, 0.25) is 0 Å². The largest absolute Gasteiger partial charge is 0.462 e. The molecule has 4 rings (SSSR count). The Labute approximate surface area is 201 Å². The van der Waals surface area contributed by atoms with E-state index in [9.17, 15) is 9.59 Å². The van der Waals surface area contributed by atoms with Gasteiger partial charge in [-0.1, -0.05) is 54.1 Å². The van der Waals surface area contributed by atoms with Gasteiger partial charge >= 0.3 is 11.5 Å². The Bertz CT molecular complexity index is 1390. The van der Waals surface area contributed by atoms with Crippen molar-refractivity contribution in [1.82, 2.24) is 14.7 Å². The summed E-state index contributed by atoms with van der Waals surface area (Å²) < 4.78 is 6.25. The number of nitrogens with zero attached hydrogens (tertiary/aromatic N) is 3. The molecule has 2 heterocycles. The molecule has 0 unspecified atom stereocenters. The van der Waals surface area contributed by atoms with Crippen LogP contribution >= 0.6 is 11.6 Å². The summed E-state index contributed by atoms with van der Waals surface area (Å²) in [5, 5.41) is 4.28. The maximum atomic E-state index is 13.5. The van der Waals surface area contributed by atoms with Gasteiger partial charge in [0.25, 0.3) is 0 Å². The van der Waals surface area contributed by atoms with Crippen molar-refractivity contribution < 1.29 is 14.4 Å². The lowest BCUT2D eigenvalue weighted by molar-refractivity contribution is 0.0513. The Balaban J connectivity index is 1.86. The zero-order chi connectivity index (χ0) is 24.1. The van der Waals surface area contributed by atoms with E-state index in [2.05, 4.69) is 15.3 Å². The summed E-state index contributed by atoms with van der Waals surface area (Å²) in [6.45, 7) is 3.98. The second-order valence-corrected chi connectivity index (χ2v) is 7.91. The second-order valence-electron chi connectivity index (χ2n) is 7.47. The average Bonchev–Trinajstić information content (AvgIpc) is 2.83. The molecule has 1 N–H and O–H groups in total. The van der Waals surface area contributed by atoms with Gasteiger partial charge < -0.3 is 14.9 Å². The highest BCUT2D eigenvalue weighted by atomic mass is 35.5. The Kier molecular flexibility index (Phi) is 7.08. The first-order valence-corrected chi connectivity index (χ1v) is 11.1. The van der Waals surface area contributed by atoms with Gasteiger partial charge in [0, 0.05) is 11.6 Å². The summed E-state index contributed by atoms with van der Waals surface area (Å²) in [6, 6.07) is 16.7. The third-order valence-corrected chi connectivity index (χ3v) is 5.38. The Morgan fingerprint density at radius 3 is 2.59 bits per heavy atom. The van der Waals surface area contributed by atoms with E-state index in [4.69, 9.17) is 21.2 Å². The maximum absolute atomic E-state index is 13.5. The molecule has 4 aromatic rings. The SMILES string of the molecule is CCOC(=O)c1c(NCc2cccc(Cl)c2)c2c(C)ncnc2n(OCc2ccccc2)c1=O. The Morgan fingerprint density at radius 1 is 1.09 bits per heavy atom. The van der Waals surface area contributed by atoms with Crippen LogP contribution in [0.3, 0.4) is 0 Å². The molecule has 8 nitrogen and oxygen atoms in total. The minimum atomic E-state index is -0.761. The minimum Gasteiger partial charge on any atom is -0.462 e. The number of benzene rings is 2. The van der Waals surface area contributed by atoms with Gasteiger partial charge in [-0.05, 0) is 37.1 Å². The van der Waals surface area contributed by atoms with E-state index < -0.39 is 11.5 Å². The Morgan fingerprint density at radius 2 is 1.85 bits per heavy atom. The van der Waals surface area contributed by atoms with E-state index in [1.54, 1.807) is 26.0 Å². The third-order valence-electron chi connectivity index (χ3n) is 5.15. The van der Waals surface area contributed by atoms with Crippen LogP contribution < -0.4 is 15.7 Å². The van der Waals surface area contributed by atoms with Crippen LogP contribution in [-0.4, -0.2) is 27.3 Å². The topological polar surface area (TPSA) is 95.3 Å². The summed E-state index contributed by atoms with van der Waals surface area (Å²) >= 11 is 6.11. The zero-order valence-electron chi connectivity index (χ0n) is 18.7. The molecule has 0 atom stereocenters. The molecule has 0 amide bonds. The van der Waals surface area contributed by atoms with Crippen molar-refractivity contribution in [2.24, 2.45) is 0 Å². The normalized spacial score (nSPS) is 10.8. The van der Waals surface area contributed by atoms with Gasteiger partial charge in [-0.2, -0.15) is 0 Å². The van der Waals surface area contributed by atoms with Gasteiger partial charge in [-0.25, -0.2) is 14.8 Å². The molecule has 2 aromatic heterocycles. The van der Waals surface area contributed by atoms with E-state index in [1.807, 2.05) is 42.5 Å². The standard InChI is InChI=1S/C25H23ClN4O4/c1-3-33-25(32)21-22(27-13-18-10-7-11-19(26)12-18)20-16(2)28-15-29-23(20)30(24(21)31)34-14-17-8-5-4-6-9-17/h4-12,15,27H,3,13-14H2,1-2H3. The van der Waals surface area contributed by atoms with Crippen LogP contribution in [0.2, 0.25) is 5.02 Å². The zero-order valence-corrected chi connectivity index (χ0v) is 19.5. The van der Waals surface area contributed by atoms with Crippen LogP contribution in [0.4, 0.5) is 5.69 Å². The molecule has 9 heteroatoms. The summed E-state index contributed by atoms with van der Waals surface area (Å²) in [5.74, 6) is -0.761. The fourth-order valence-corrected chi connectivity index (χ4v) is 3.79. The smallest absolute Gasteiger partial charge is 0.346 e. The second kappa shape index (κ2) is 10.4.